The van der Waals surface area contributed by atoms with Gasteiger partial charge in [0.1, 0.15) is 28.9 Å². The van der Waals surface area contributed by atoms with E-state index in [-0.39, 0.29) is 28.7 Å². The van der Waals surface area contributed by atoms with Gasteiger partial charge >= 0.3 is 0 Å². The van der Waals surface area contributed by atoms with Crippen LogP contribution >= 0.6 is 11.6 Å². The molecule has 0 amide bonds. The van der Waals surface area contributed by atoms with Crippen LogP contribution < -0.4 is 5.56 Å². The van der Waals surface area contributed by atoms with Crippen LogP contribution in [0.4, 0.5) is 8.78 Å². The quantitative estimate of drug-likeness (QED) is 0.213. The van der Waals surface area contributed by atoms with Gasteiger partial charge in [-0.2, -0.15) is 9.78 Å². The van der Waals surface area contributed by atoms with Crippen LogP contribution in [0.1, 0.15) is 56.5 Å². The molecule has 11 heteroatoms. The number of hydrogen-bond acceptors (Lipinski definition) is 7. The van der Waals surface area contributed by atoms with E-state index >= 15 is 0 Å². The van der Waals surface area contributed by atoms with Crippen molar-refractivity contribution in [1.82, 2.24) is 19.7 Å². The van der Waals surface area contributed by atoms with E-state index < -0.39 is 28.6 Å². The second-order valence-corrected chi connectivity index (χ2v) is 9.96. The van der Waals surface area contributed by atoms with Crippen molar-refractivity contribution in [2.45, 2.75) is 59.7 Å². The highest BCUT2D eigenvalue weighted by molar-refractivity contribution is 6.42. The number of aromatic nitrogens is 4. The van der Waals surface area contributed by atoms with Crippen molar-refractivity contribution < 1.29 is 23.4 Å². The van der Waals surface area contributed by atoms with Gasteiger partial charge in [0.15, 0.2) is 17.4 Å². The van der Waals surface area contributed by atoms with Crippen molar-refractivity contribution in [3.63, 3.8) is 0 Å². The van der Waals surface area contributed by atoms with E-state index in [1.54, 1.807) is 18.3 Å². The molecule has 206 valence electrons. The fraction of sp³-hybridized carbons (Fsp3) is 0.321. The lowest BCUT2D eigenvalue weighted by Gasteiger charge is -2.17. The second-order valence-electron chi connectivity index (χ2n) is 9.59. The van der Waals surface area contributed by atoms with Crippen molar-refractivity contribution in [2.75, 3.05) is 0 Å². The Hall–Kier alpha value is -3.76. The van der Waals surface area contributed by atoms with Crippen LogP contribution in [0.15, 0.2) is 64.0 Å². The SMILES string of the molecule is CC(=O)/C(Cl)=C(\C=C(\C)CCc1cc(-n2nccc(C(C)(C)O)c2=O)ncc1C)OCc1ncc(F)cc1F. The van der Waals surface area contributed by atoms with Crippen molar-refractivity contribution in [1.29, 1.82) is 0 Å². The molecule has 0 radical (unpaired) electrons. The van der Waals surface area contributed by atoms with Crippen molar-refractivity contribution in [2.24, 2.45) is 0 Å². The molecule has 0 fully saturated rings. The maximum absolute atomic E-state index is 14.0. The van der Waals surface area contributed by atoms with Crippen LogP contribution in [0, 0.1) is 18.6 Å². The molecule has 0 saturated carbocycles. The van der Waals surface area contributed by atoms with Gasteiger partial charge in [-0.1, -0.05) is 17.2 Å². The number of ether oxygens (including phenoxy) is 1. The summed E-state index contributed by atoms with van der Waals surface area (Å²) in [4.78, 5) is 32.8. The zero-order valence-electron chi connectivity index (χ0n) is 22.3. The molecule has 3 heterocycles. The van der Waals surface area contributed by atoms with Gasteiger partial charge in [-0.3, -0.25) is 14.6 Å². The van der Waals surface area contributed by atoms with Gasteiger partial charge in [0.05, 0.1) is 17.4 Å². The predicted molar refractivity (Wildman–Crippen MR) is 142 cm³/mol. The zero-order chi connectivity index (χ0) is 28.9. The van der Waals surface area contributed by atoms with Crippen molar-refractivity contribution in [3.8, 4) is 5.82 Å². The Labute approximate surface area is 229 Å². The number of hydrogen-bond donors (Lipinski definition) is 1. The van der Waals surface area contributed by atoms with Gasteiger partial charge < -0.3 is 9.84 Å². The van der Waals surface area contributed by atoms with E-state index in [1.165, 1.54) is 33.0 Å². The third-order valence-electron chi connectivity index (χ3n) is 5.86. The molecule has 3 rings (SSSR count). The molecule has 8 nitrogen and oxygen atoms in total. The molecule has 0 bridgehead atoms. The highest BCUT2D eigenvalue weighted by Gasteiger charge is 2.22. The molecule has 39 heavy (non-hydrogen) atoms. The van der Waals surface area contributed by atoms with E-state index in [9.17, 15) is 23.5 Å². The van der Waals surface area contributed by atoms with Crippen molar-refractivity contribution >= 4 is 17.4 Å². The van der Waals surface area contributed by atoms with Gasteiger partial charge in [0, 0.05) is 25.4 Å². The van der Waals surface area contributed by atoms with E-state index in [2.05, 4.69) is 15.1 Å². The minimum atomic E-state index is -1.34. The predicted octanol–water partition coefficient (Wildman–Crippen LogP) is 4.97. The monoisotopic (exact) mass is 558 g/mol. The average Bonchev–Trinajstić information content (AvgIpc) is 2.86. The minimum Gasteiger partial charge on any atom is -0.485 e. The fourth-order valence-electron chi connectivity index (χ4n) is 3.64. The lowest BCUT2D eigenvalue weighted by Crippen LogP contribution is -2.32. The maximum atomic E-state index is 14.0. The number of aliphatic hydroxyl groups is 1. The summed E-state index contributed by atoms with van der Waals surface area (Å²) in [7, 11) is 0. The van der Waals surface area contributed by atoms with Crippen LogP contribution in [-0.2, 0) is 28.2 Å². The van der Waals surface area contributed by atoms with E-state index in [0.29, 0.717) is 24.7 Å². The highest BCUT2D eigenvalue weighted by Crippen LogP contribution is 2.22. The summed E-state index contributed by atoms with van der Waals surface area (Å²) >= 11 is 6.17. The molecule has 0 aliphatic heterocycles. The summed E-state index contributed by atoms with van der Waals surface area (Å²) in [6, 6.07) is 3.92. The third kappa shape index (κ3) is 7.64. The van der Waals surface area contributed by atoms with Gasteiger partial charge in [0.2, 0.25) is 0 Å². The molecule has 0 spiro atoms. The molecule has 3 aromatic heterocycles. The Kier molecular flexibility index (Phi) is 9.47. The molecule has 0 saturated heterocycles. The molecule has 0 aromatic carbocycles. The number of rotatable bonds is 10. The lowest BCUT2D eigenvalue weighted by molar-refractivity contribution is -0.113. The summed E-state index contributed by atoms with van der Waals surface area (Å²) in [5.41, 5.74) is 0.837. The van der Waals surface area contributed by atoms with Gasteiger partial charge in [0.25, 0.3) is 5.56 Å². The number of ketones is 1. The van der Waals surface area contributed by atoms with Gasteiger partial charge in [-0.25, -0.2) is 13.8 Å². The molecular weight excluding hydrogens is 530 g/mol. The number of Topliss-reactive ketones (excluding diaryl/α,β-unsaturated/α-hetero) is 1. The average molecular weight is 559 g/mol. The first kappa shape index (κ1) is 29.8. The number of carbonyl (C=O) groups is 1. The number of carbonyl (C=O) groups excluding carboxylic acids is 1. The van der Waals surface area contributed by atoms with Crippen LogP contribution in [0.25, 0.3) is 5.82 Å². The smallest absolute Gasteiger partial charge is 0.279 e. The van der Waals surface area contributed by atoms with Crippen LogP contribution in [-0.4, -0.2) is 30.6 Å². The number of allylic oxidation sites excluding steroid dienone is 3. The molecule has 1 N–H and O–H groups in total. The van der Waals surface area contributed by atoms with Crippen LogP contribution in [0.3, 0.4) is 0 Å². The van der Waals surface area contributed by atoms with Crippen LogP contribution in [0.5, 0.6) is 0 Å². The Morgan fingerprint density at radius 2 is 1.92 bits per heavy atom. The zero-order valence-corrected chi connectivity index (χ0v) is 23.0. The lowest BCUT2D eigenvalue weighted by atomic mass is 10.0. The summed E-state index contributed by atoms with van der Waals surface area (Å²) in [5.74, 6) is -1.78. The molecule has 0 atom stereocenters. The molecule has 0 aliphatic carbocycles. The number of pyridine rings is 2. The number of nitrogens with zero attached hydrogens (tertiary/aromatic N) is 4. The summed E-state index contributed by atoms with van der Waals surface area (Å²) in [5, 5.41) is 14.3. The van der Waals surface area contributed by atoms with Crippen molar-refractivity contribution in [3.05, 3.63) is 104 Å². The fourth-order valence-corrected chi connectivity index (χ4v) is 3.75. The standard InChI is InChI=1S/C28H29ClF2N4O4/c1-16(10-24(26(29)18(3)36)39-15-23-22(31)12-20(30)14-32-23)6-7-19-11-25(33-13-17(19)2)35-27(37)21(8-9-34-35)28(4,5)38/h8-14,38H,6-7,15H2,1-5H3/b16-10-,26-24-. The highest BCUT2D eigenvalue weighted by atomic mass is 35.5. The molecule has 3 aromatic rings. The first-order chi connectivity index (χ1) is 18.3. The second kappa shape index (κ2) is 12.4. The van der Waals surface area contributed by atoms with E-state index in [4.69, 9.17) is 16.3 Å². The summed E-state index contributed by atoms with van der Waals surface area (Å²) in [6.45, 7) is 7.67. The minimum absolute atomic E-state index is 0.0403. The summed E-state index contributed by atoms with van der Waals surface area (Å²) in [6.07, 6.45) is 6.59. The molecular formula is C28H29ClF2N4O4. The van der Waals surface area contributed by atoms with E-state index in [0.717, 1.165) is 27.6 Å². The van der Waals surface area contributed by atoms with Gasteiger partial charge in [-0.05, 0) is 69.9 Å². The van der Waals surface area contributed by atoms with Gasteiger partial charge in [-0.15, -0.1) is 0 Å². The first-order valence-electron chi connectivity index (χ1n) is 12.1. The number of aryl methyl sites for hydroxylation is 2. The largest absolute Gasteiger partial charge is 0.485 e. The topological polar surface area (TPSA) is 107 Å². The number of halogens is 3. The molecule has 0 unspecified atom stereocenters. The Bertz CT molecular complexity index is 1510. The third-order valence-corrected chi connectivity index (χ3v) is 6.31. The maximum Gasteiger partial charge on any atom is 0.279 e. The molecule has 0 aliphatic rings. The summed E-state index contributed by atoms with van der Waals surface area (Å²) < 4.78 is 33.9. The van der Waals surface area contributed by atoms with Crippen LogP contribution in [0.2, 0.25) is 0 Å². The normalized spacial score (nSPS) is 12.8. The Morgan fingerprint density at radius 3 is 2.56 bits per heavy atom. The Morgan fingerprint density at radius 1 is 1.21 bits per heavy atom. The Balaban J connectivity index is 1.82. The first-order valence-corrected chi connectivity index (χ1v) is 12.4. The van der Waals surface area contributed by atoms with E-state index in [1.807, 2.05) is 13.8 Å².